The van der Waals surface area contributed by atoms with Crippen LogP contribution in [0.3, 0.4) is 0 Å². The zero-order valence-corrected chi connectivity index (χ0v) is 12.4. The maximum Gasteiger partial charge on any atom is 0.328 e. The van der Waals surface area contributed by atoms with E-state index >= 15 is 0 Å². The van der Waals surface area contributed by atoms with Gasteiger partial charge in [0.2, 0.25) is 0 Å². The average Bonchev–Trinajstić information content (AvgIpc) is 2.98. The minimum atomic E-state index is -0.988. The highest BCUT2D eigenvalue weighted by Gasteiger charge is 2.30. The molecule has 1 aromatic rings. The van der Waals surface area contributed by atoms with Crippen LogP contribution in [0.1, 0.15) is 41.9 Å². The first-order valence-electron chi connectivity index (χ1n) is 6.77. The Morgan fingerprint density at radius 1 is 1.40 bits per heavy atom. The molecule has 108 valence electrons. The summed E-state index contributed by atoms with van der Waals surface area (Å²) >= 11 is 1.37. The normalized spacial score (nSPS) is 26.0. The number of amides is 1. The number of carbonyl (C=O) groups excluding carboxylic acids is 1. The summed E-state index contributed by atoms with van der Waals surface area (Å²) in [5.74, 6) is 0.0983. The summed E-state index contributed by atoms with van der Waals surface area (Å²) in [4.78, 5) is 23.4. The second kappa shape index (κ2) is 6.22. The van der Waals surface area contributed by atoms with Crippen molar-refractivity contribution < 1.29 is 14.7 Å². The third kappa shape index (κ3) is 3.48. The Kier molecular flexibility index (Phi) is 4.60. The van der Waals surface area contributed by atoms with Crippen molar-refractivity contribution in [2.75, 3.05) is 0 Å². The van der Waals surface area contributed by atoms with Crippen LogP contribution in [0.25, 0.3) is 6.08 Å². The zero-order chi connectivity index (χ0) is 14.7. The molecule has 2 N–H and O–H groups in total. The van der Waals surface area contributed by atoms with Crippen molar-refractivity contribution in [1.29, 1.82) is 0 Å². The maximum absolute atomic E-state index is 12.2. The van der Waals surface area contributed by atoms with E-state index in [0.29, 0.717) is 17.4 Å². The topological polar surface area (TPSA) is 66.4 Å². The first-order chi connectivity index (χ1) is 9.47. The molecule has 3 atom stereocenters. The number of hydrogen-bond acceptors (Lipinski definition) is 3. The van der Waals surface area contributed by atoms with Gasteiger partial charge in [-0.15, -0.1) is 11.3 Å². The molecular formula is C15H19NO3S. The van der Waals surface area contributed by atoms with Crippen LogP contribution in [0.4, 0.5) is 0 Å². The van der Waals surface area contributed by atoms with Gasteiger partial charge >= 0.3 is 5.97 Å². The predicted octanol–water partition coefficient (Wildman–Crippen LogP) is 3.01. The SMILES string of the molecule is CC1CCC(NC(=O)c2csc(C=CC(=O)O)c2)C1C. The van der Waals surface area contributed by atoms with Gasteiger partial charge in [-0.1, -0.05) is 13.8 Å². The van der Waals surface area contributed by atoms with Crippen molar-refractivity contribution in [1.82, 2.24) is 5.32 Å². The Hall–Kier alpha value is -1.62. The van der Waals surface area contributed by atoms with Gasteiger partial charge in [-0.25, -0.2) is 4.79 Å². The molecule has 4 nitrogen and oxygen atoms in total. The fourth-order valence-electron chi connectivity index (χ4n) is 2.53. The van der Waals surface area contributed by atoms with Crippen molar-refractivity contribution in [3.8, 4) is 0 Å². The van der Waals surface area contributed by atoms with E-state index in [-0.39, 0.29) is 11.9 Å². The van der Waals surface area contributed by atoms with Crippen LogP contribution in [0.15, 0.2) is 17.5 Å². The van der Waals surface area contributed by atoms with Crippen LogP contribution >= 0.6 is 11.3 Å². The van der Waals surface area contributed by atoms with Crippen LogP contribution in [0.2, 0.25) is 0 Å². The van der Waals surface area contributed by atoms with E-state index in [0.717, 1.165) is 23.8 Å². The molecule has 0 aliphatic heterocycles. The smallest absolute Gasteiger partial charge is 0.328 e. The first kappa shape index (κ1) is 14.8. The van der Waals surface area contributed by atoms with Gasteiger partial charge in [-0.2, -0.15) is 0 Å². The summed E-state index contributed by atoms with van der Waals surface area (Å²) in [6.07, 6.45) is 4.77. The molecule has 5 heteroatoms. The van der Waals surface area contributed by atoms with E-state index in [1.807, 2.05) is 0 Å². The van der Waals surface area contributed by atoms with Crippen molar-refractivity contribution in [3.05, 3.63) is 28.0 Å². The first-order valence-corrected chi connectivity index (χ1v) is 7.65. The Morgan fingerprint density at radius 2 is 2.15 bits per heavy atom. The quantitative estimate of drug-likeness (QED) is 0.839. The van der Waals surface area contributed by atoms with Crippen LogP contribution in [-0.4, -0.2) is 23.0 Å². The van der Waals surface area contributed by atoms with Gasteiger partial charge in [0.25, 0.3) is 5.91 Å². The molecule has 2 rings (SSSR count). The monoisotopic (exact) mass is 293 g/mol. The fourth-order valence-corrected chi connectivity index (χ4v) is 3.31. The molecule has 1 aromatic heterocycles. The molecule has 20 heavy (non-hydrogen) atoms. The number of nitrogens with one attached hydrogen (secondary N) is 1. The van der Waals surface area contributed by atoms with Crippen molar-refractivity contribution in [2.24, 2.45) is 11.8 Å². The average molecular weight is 293 g/mol. The molecule has 1 fully saturated rings. The molecule has 3 unspecified atom stereocenters. The van der Waals surface area contributed by atoms with Crippen LogP contribution < -0.4 is 5.32 Å². The Balaban J connectivity index is 1.98. The van der Waals surface area contributed by atoms with E-state index in [4.69, 9.17) is 5.11 Å². The number of hydrogen-bond donors (Lipinski definition) is 2. The second-order valence-electron chi connectivity index (χ2n) is 5.40. The molecule has 0 saturated heterocycles. The number of carboxylic acids is 1. The fraction of sp³-hybridized carbons (Fsp3) is 0.467. The number of carbonyl (C=O) groups is 2. The number of thiophene rings is 1. The molecular weight excluding hydrogens is 274 g/mol. The summed E-state index contributed by atoms with van der Waals surface area (Å²) in [6.45, 7) is 4.40. The summed E-state index contributed by atoms with van der Waals surface area (Å²) in [5.41, 5.74) is 0.604. The van der Waals surface area contributed by atoms with Gasteiger partial charge in [0.1, 0.15) is 0 Å². The highest BCUT2D eigenvalue weighted by molar-refractivity contribution is 7.11. The Bertz CT molecular complexity index is 535. The number of aliphatic carboxylic acids is 1. The highest BCUT2D eigenvalue weighted by atomic mass is 32.1. The van der Waals surface area contributed by atoms with E-state index in [9.17, 15) is 9.59 Å². The summed E-state index contributed by atoms with van der Waals surface area (Å²) in [6, 6.07) is 1.97. The minimum Gasteiger partial charge on any atom is -0.478 e. The lowest BCUT2D eigenvalue weighted by Gasteiger charge is -2.19. The van der Waals surface area contributed by atoms with Gasteiger partial charge in [-0.3, -0.25) is 4.79 Å². The van der Waals surface area contributed by atoms with Crippen molar-refractivity contribution in [2.45, 2.75) is 32.7 Å². The predicted molar refractivity (Wildman–Crippen MR) is 79.8 cm³/mol. The number of rotatable bonds is 4. The standard InChI is InChI=1S/C15H19NO3S/c1-9-3-5-13(10(9)2)16-15(19)11-7-12(20-8-11)4-6-14(17)18/h4,6-10,13H,3,5H2,1-2H3,(H,16,19)(H,17,18). The highest BCUT2D eigenvalue weighted by Crippen LogP contribution is 2.31. The van der Waals surface area contributed by atoms with Crippen LogP contribution in [-0.2, 0) is 4.79 Å². The third-order valence-corrected chi connectivity index (χ3v) is 4.95. The van der Waals surface area contributed by atoms with E-state index in [2.05, 4.69) is 19.2 Å². The van der Waals surface area contributed by atoms with Gasteiger partial charge in [-0.05, 0) is 36.8 Å². The minimum absolute atomic E-state index is 0.0674. The summed E-state index contributed by atoms with van der Waals surface area (Å²) in [5, 5.41) is 13.4. The molecule has 0 aromatic carbocycles. The second-order valence-corrected chi connectivity index (χ2v) is 6.35. The van der Waals surface area contributed by atoms with Crippen LogP contribution in [0, 0.1) is 11.8 Å². The molecule has 1 saturated carbocycles. The van der Waals surface area contributed by atoms with Gasteiger partial charge in [0.05, 0.1) is 5.56 Å². The Morgan fingerprint density at radius 3 is 2.75 bits per heavy atom. The summed E-state index contributed by atoms with van der Waals surface area (Å²) < 4.78 is 0. The molecule has 0 spiro atoms. The zero-order valence-electron chi connectivity index (χ0n) is 11.6. The molecule has 0 bridgehead atoms. The molecule has 0 radical (unpaired) electrons. The van der Waals surface area contributed by atoms with Crippen molar-refractivity contribution in [3.63, 3.8) is 0 Å². The van der Waals surface area contributed by atoms with Gasteiger partial charge in [0, 0.05) is 22.4 Å². The Labute approximate surface area is 122 Å². The number of carboxylic acid groups (broad SMARTS) is 1. The van der Waals surface area contributed by atoms with Crippen LogP contribution in [0.5, 0.6) is 0 Å². The van der Waals surface area contributed by atoms with Gasteiger partial charge < -0.3 is 10.4 Å². The lowest BCUT2D eigenvalue weighted by molar-refractivity contribution is -0.131. The van der Waals surface area contributed by atoms with E-state index in [1.54, 1.807) is 11.4 Å². The van der Waals surface area contributed by atoms with E-state index < -0.39 is 5.97 Å². The summed E-state index contributed by atoms with van der Waals surface area (Å²) in [7, 11) is 0. The third-order valence-electron chi connectivity index (χ3n) is 4.05. The largest absolute Gasteiger partial charge is 0.478 e. The lowest BCUT2D eigenvalue weighted by atomic mass is 9.98. The van der Waals surface area contributed by atoms with Crippen molar-refractivity contribution >= 4 is 29.3 Å². The lowest BCUT2D eigenvalue weighted by Crippen LogP contribution is -2.37. The molecule has 1 amide bonds. The van der Waals surface area contributed by atoms with E-state index in [1.165, 1.54) is 17.4 Å². The molecule has 1 aliphatic rings. The molecule has 1 aliphatic carbocycles. The maximum atomic E-state index is 12.2. The molecule has 1 heterocycles. The van der Waals surface area contributed by atoms with Gasteiger partial charge in [0.15, 0.2) is 0 Å².